The number of aryl methyl sites for hydroxylation is 1. The second-order valence-electron chi connectivity index (χ2n) is 7.28. The van der Waals surface area contributed by atoms with Gasteiger partial charge in [0, 0.05) is 16.6 Å². The zero-order valence-electron chi connectivity index (χ0n) is 17.9. The molecule has 0 radical (unpaired) electrons. The second-order valence-corrected chi connectivity index (χ2v) is 8.19. The number of nitrogens with zero attached hydrogens (tertiary/aromatic N) is 3. The summed E-state index contributed by atoms with van der Waals surface area (Å²) in [6, 6.07) is 23.1. The highest BCUT2D eigenvalue weighted by Gasteiger charge is 2.16. The Morgan fingerprint density at radius 3 is 2.62 bits per heavy atom. The number of aromatic nitrogens is 3. The third-order valence-corrected chi connectivity index (χ3v) is 5.55. The minimum Gasteiger partial charge on any atom is -0.496 e. The van der Waals surface area contributed by atoms with Crippen molar-refractivity contribution < 1.29 is 9.53 Å². The first-order valence-corrected chi connectivity index (χ1v) is 11.0. The Hall–Kier alpha value is -3.45. The van der Waals surface area contributed by atoms with Crippen LogP contribution in [0, 0.1) is 6.92 Å². The fourth-order valence-corrected chi connectivity index (χ4v) is 3.72. The van der Waals surface area contributed by atoms with Crippen LogP contribution < -0.4 is 10.1 Å². The van der Waals surface area contributed by atoms with Crippen molar-refractivity contribution in [2.75, 3.05) is 13.7 Å². The summed E-state index contributed by atoms with van der Waals surface area (Å²) in [6.45, 7) is 2.40. The molecular formula is C25H23BrN4O2. The first-order valence-electron chi connectivity index (χ1n) is 10.3. The second kappa shape index (κ2) is 9.78. The standard InChI is InChI=1S/C25H23BrN4O2/c1-17-28-24(22-8-3-4-9-23(22)32-2)30(29-17)21-7-5-6-19(16-21)25(31)27-15-14-18-10-12-20(26)13-11-18/h3-13,16H,14-15H2,1-2H3,(H,27,31). The number of ether oxygens (including phenoxy) is 1. The van der Waals surface area contributed by atoms with Crippen molar-refractivity contribution in [3.63, 3.8) is 0 Å². The maximum Gasteiger partial charge on any atom is 0.251 e. The van der Waals surface area contributed by atoms with E-state index in [0.717, 1.165) is 22.1 Å². The number of carbonyl (C=O) groups is 1. The molecule has 3 aromatic carbocycles. The molecule has 6 nitrogen and oxygen atoms in total. The van der Waals surface area contributed by atoms with Gasteiger partial charge in [-0.05, 0) is 61.4 Å². The molecule has 0 aliphatic rings. The summed E-state index contributed by atoms with van der Waals surface area (Å²) in [5, 5.41) is 7.55. The van der Waals surface area contributed by atoms with Crippen molar-refractivity contribution >= 4 is 21.8 Å². The minimum atomic E-state index is -0.125. The Morgan fingerprint density at radius 1 is 1.06 bits per heavy atom. The molecule has 1 heterocycles. The van der Waals surface area contributed by atoms with Crippen LogP contribution in [0.2, 0.25) is 0 Å². The van der Waals surface area contributed by atoms with Gasteiger partial charge >= 0.3 is 0 Å². The van der Waals surface area contributed by atoms with E-state index in [1.807, 2.05) is 73.7 Å². The van der Waals surface area contributed by atoms with E-state index in [0.29, 0.717) is 29.5 Å². The van der Waals surface area contributed by atoms with E-state index >= 15 is 0 Å². The predicted molar refractivity (Wildman–Crippen MR) is 128 cm³/mol. The van der Waals surface area contributed by atoms with Crippen LogP contribution in [-0.2, 0) is 6.42 Å². The number of nitrogens with one attached hydrogen (secondary N) is 1. The number of para-hydroxylation sites is 1. The molecule has 0 spiro atoms. The van der Waals surface area contributed by atoms with E-state index in [1.165, 1.54) is 5.56 Å². The molecule has 0 unspecified atom stereocenters. The van der Waals surface area contributed by atoms with E-state index in [1.54, 1.807) is 17.9 Å². The summed E-state index contributed by atoms with van der Waals surface area (Å²) < 4.78 is 8.28. The summed E-state index contributed by atoms with van der Waals surface area (Å²) in [4.78, 5) is 17.3. The van der Waals surface area contributed by atoms with Crippen molar-refractivity contribution in [2.45, 2.75) is 13.3 Å². The van der Waals surface area contributed by atoms with E-state index in [-0.39, 0.29) is 5.91 Å². The topological polar surface area (TPSA) is 69.0 Å². The Labute approximate surface area is 195 Å². The number of carbonyl (C=O) groups excluding carboxylic acids is 1. The average molecular weight is 491 g/mol. The zero-order valence-corrected chi connectivity index (χ0v) is 19.5. The number of methoxy groups -OCH3 is 1. The highest BCUT2D eigenvalue weighted by atomic mass is 79.9. The number of amides is 1. The smallest absolute Gasteiger partial charge is 0.251 e. The van der Waals surface area contributed by atoms with E-state index in [4.69, 9.17) is 4.74 Å². The molecule has 0 fully saturated rings. The van der Waals surface area contributed by atoms with Crippen molar-refractivity contribution in [3.8, 4) is 22.8 Å². The first-order chi connectivity index (χ1) is 15.5. The van der Waals surface area contributed by atoms with Crippen LogP contribution >= 0.6 is 15.9 Å². The average Bonchev–Trinajstić information content (AvgIpc) is 3.22. The van der Waals surface area contributed by atoms with Crippen molar-refractivity contribution in [1.82, 2.24) is 20.1 Å². The Kier molecular flexibility index (Phi) is 6.66. The molecule has 162 valence electrons. The van der Waals surface area contributed by atoms with Gasteiger partial charge in [-0.15, -0.1) is 0 Å². The largest absolute Gasteiger partial charge is 0.496 e. The van der Waals surface area contributed by atoms with Crippen molar-refractivity contribution in [1.29, 1.82) is 0 Å². The zero-order chi connectivity index (χ0) is 22.5. The molecule has 1 amide bonds. The van der Waals surface area contributed by atoms with Crippen LogP contribution in [-0.4, -0.2) is 34.3 Å². The number of rotatable bonds is 7. The Balaban J connectivity index is 1.54. The predicted octanol–water partition coefficient (Wildman–Crippen LogP) is 4.99. The number of hydrogen-bond donors (Lipinski definition) is 1. The SMILES string of the molecule is COc1ccccc1-c1nc(C)nn1-c1cccc(C(=O)NCCc2ccc(Br)cc2)c1. The lowest BCUT2D eigenvalue weighted by atomic mass is 10.1. The third-order valence-electron chi connectivity index (χ3n) is 5.03. The summed E-state index contributed by atoms with van der Waals surface area (Å²) in [5.74, 6) is 1.88. The Morgan fingerprint density at radius 2 is 1.84 bits per heavy atom. The van der Waals surface area contributed by atoms with Gasteiger partial charge in [0.05, 0.1) is 18.4 Å². The minimum absolute atomic E-state index is 0.125. The van der Waals surface area contributed by atoms with Gasteiger partial charge in [-0.1, -0.05) is 46.3 Å². The van der Waals surface area contributed by atoms with Gasteiger partial charge in [0.25, 0.3) is 5.91 Å². The summed E-state index contributed by atoms with van der Waals surface area (Å²) >= 11 is 3.43. The molecule has 4 aromatic rings. The Bertz CT molecular complexity index is 1230. The quantitative estimate of drug-likeness (QED) is 0.396. The van der Waals surface area contributed by atoms with Crippen LogP contribution in [0.15, 0.2) is 77.3 Å². The molecule has 7 heteroatoms. The molecule has 4 rings (SSSR count). The van der Waals surface area contributed by atoms with Crippen LogP contribution in [0.5, 0.6) is 5.75 Å². The van der Waals surface area contributed by atoms with Gasteiger partial charge in [-0.2, -0.15) is 5.10 Å². The summed E-state index contributed by atoms with van der Waals surface area (Å²) in [5.41, 5.74) is 3.33. The molecule has 0 aliphatic carbocycles. The van der Waals surface area contributed by atoms with E-state index in [2.05, 4.69) is 31.3 Å². The van der Waals surface area contributed by atoms with Crippen molar-refractivity contribution in [2.24, 2.45) is 0 Å². The van der Waals surface area contributed by atoms with E-state index in [9.17, 15) is 4.79 Å². The lowest BCUT2D eigenvalue weighted by Gasteiger charge is -2.11. The van der Waals surface area contributed by atoms with Gasteiger partial charge in [-0.3, -0.25) is 4.79 Å². The summed E-state index contributed by atoms with van der Waals surface area (Å²) in [7, 11) is 1.63. The van der Waals surface area contributed by atoms with Crippen LogP contribution in [0.3, 0.4) is 0 Å². The monoisotopic (exact) mass is 490 g/mol. The normalized spacial score (nSPS) is 10.7. The lowest BCUT2D eigenvalue weighted by molar-refractivity contribution is 0.0954. The fourth-order valence-electron chi connectivity index (χ4n) is 3.45. The maximum atomic E-state index is 12.7. The molecule has 1 N–H and O–H groups in total. The molecule has 0 aliphatic heterocycles. The summed E-state index contributed by atoms with van der Waals surface area (Å²) in [6.07, 6.45) is 0.763. The van der Waals surface area contributed by atoms with Gasteiger partial charge in [0.1, 0.15) is 11.6 Å². The van der Waals surface area contributed by atoms with Crippen LogP contribution in [0.4, 0.5) is 0 Å². The lowest BCUT2D eigenvalue weighted by Crippen LogP contribution is -2.25. The first kappa shape index (κ1) is 21.8. The van der Waals surface area contributed by atoms with Gasteiger partial charge in [0.15, 0.2) is 5.82 Å². The molecule has 0 atom stereocenters. The van der Waals surface area contributed by atoms with Gasteiger partial charge in [-0.25, -0.2) is 9.67 Å². The number of halogens is 1. The van der Waals surface area contributed by atoms with Crippen LogP contribution in [0.25, 0.3) is 17.1 Å². The molecule has 0 bridgehead atoms. The number of benzene rings is 3. The van der Waals surface area contributed by atoms with E-state index < -0.39 is 0 Å². The highest BCUT2D eigenvalue weighted by Crippen LogP contribution is 2.30. The molecule has 0 saturated carbocycles. The maximum absolute atomic E-state index is 12.7. The van der Waals surface area contributed by atoms with Gasteiger partial charge in [0.2, 0.25) is 0 Å². The molecule has 0 saturated heterocycles. The molecule has 32 heavy (non-hydrogen) atoms. The molecule has 1 aromatic heterocycles. The molecular weight excluding hydrogens is 468 g/mol. The fraction of sp³-hybridized carbons (Fsp3) is 0.160. The van der Waals surface area contributed by atoms with Crippen LogP contribution in [0.1, 0.15) is 21.7 Å². The third kappa shape index (κ3) is 4.89. The van der Waals surface area contributed by atoms with Crippen molar-refractivity contribution in [3.05, 3.63) is 94.2 Å². The highest BCUT2D eigenvalue weighted by molar-refractivity contribution is 9.10. The number of hydrogen-bond acceptors (Lipinski definition) is 4. The van der Waals surface area contributed by atoms with Gasteiger partial charge < -0.3 is 10.1 Å².